The predicted molar refractivity (Wildman–Crippen MR) is 50.7 cm³/mol. The molecule has 0 saturated heterocycles. The number of nitro groups is 1. The molecule has 1 aliphatic carbocycles. The first-order chi connectivity index (χ1) is 6.61. The number of rotatable bonds is 2. The Hall–Kier alpha value is -1.59. The van der Waals surface area contributed by atoms with E-state index in [9.17, 15) is 10.1 Å². The van der Waals surface area contributed by atoms with E-state index in [2.05, 4.69) is 12.0 Å². The van der Waals surface area contributed by atoms with Crippen LogP contribution in [0, 0.1) is 16.0 Å². The van der Waals surface area contributed by atoms with Crippen molar-refractivity contribution < 1.29 is 4.92 Å². The summed E-state index contributed by atoms with van der Waals surface area (Å²) in [6.45, 7) is 2.10. The molecule has 0 spiro atoms. The first-order valence-electron chi connectivity index (χ1n) is 4.58. The van der Waals surface area contributed by atoms with Gasteiger partial charge in [0.2, 0.25) is 5.82 Å². The smallest absolute Gasteiger partial charge is 0.330 e. The number of hydrogen-bond acceptors (Lipinski definition) is 4. The van der Waals surface area contributed by atoms with Crippen LogP contribution in [-0.2, 0) is 0 Å². The zero-order valence-electron chi connectivity index (χ0n) is 7.88. The molecular weight excluding hydrogens is 184 g/mol. The van der Waals surface area contributed by atoms with Gasteiger partial charge >= 0.3 is 5.69 Å². The summed E-state index contributed by atoms with van der Waals surface area (Å²) in [5.41, 5.74) is 5.54. The fraction of sp³-hybridized carbons (Fsp3) is 0.625. The van der Waals surface area contributed by atoms with Crippen molar-refractivity contribution >= 4 is 11.5 Å². The summed E-state index contributed by atoms with van der Waals surface area (Å²) >= 11 is 0. The molecule has 1 aromatic rings. The van der Waals surface area contributed by atoms with Gasteiger partial charge in [0.15, 0.2) is 0 Å². The van der Waals surface area contributed by atoms with Gasteiger partial charge in [0.1, 0.15) is 6.20 Å². The van der Waals surface area contributed by atoms with Crippen molar-refractivity contribution in [3.8, 4) is 0 Å². The van der Waals surface area contributed by atoms with Gasteiger partial charge in [0, 0.05) is 0 Å². The highest BCUT2D eigenvalue weighted by molar-refractivity contribution is 5.51. The first-order valence-corrected chi connectivity index (χ1v) is 4.58. The number of hydrogen-bond donors (Lipinski definition) is 1. The molecule has 0 aromatic carbocycles. The lowest BCUT2D eigenvalue weighted by molar-refractivity contribution is -0.384. The largest absolute Gasteiger partial charge is 0.378 e. The lowest BCUT2D eigenvalue weighted by Gasteiger charge is -2.34. The summed E-state index contributed by atoms with van der Waals surface area (Å²) in [5, 5.41) is 14.5. The average Bonchev–Trinajstić information content (AvgIpc) is 2.46. The third kappa shape index (κ3) is 1.14. The minimum Gasteiger partial charge on any atom is -0.378 e. The molecular formula is C8H12N4O2. The summed E-state index contributed by atoms with van der Waals surface area (Å²) in [5.74, 6) is 0.684. The molecule has 0 radical (unpaired) electrons. The second kappa shape index (κ2) is 2.97. The van der Waals surface area contributed by atoms with Crippen LogP contribution in [-0.4, -0.2) is 14.7 Å². The van der Waals surface area contributed by atoms with Crippen molar-refractivity contribution in [2.45, 2.75) is 25.8 Å². The van der Waals surface area contributed by atoms with E-state index in [-0.39, 0.29) is 17.5 Å². The van der Waals surface area contributed by atoms with Gasteiger partial charge in [-0.15, -0.1) is 0 Å². The van der Waals surface area contributed by atoms with E-state index >= 15 is 0 Å². The van der Waals surface area contributed by atoms with E-state index in [0.29, 0.717) is 5.92 Å². The molecule has 76 valence electrons. The van der Waals surface area contributed by atoms with Crippen LogP contribution in [0.5, 0.6) is 0 Å². The summed E-state index contributed by atoms with van der Waals surface area (Å²) < 4.78 is 1.58. The Morgan fingerprint density at radius 2 is 2.43 bits per heavy atom. The molecule has 2 unspecified atom stereocenters. The van der Waals surface area contributed by atoms with Gasteiger partial charge in [-0.25, -0.2) is 4.68 Å². The normalized spacial score (nSPS) is 25.8. The Morgan fingerprint density at radius 1 is 1.71 bits per heavy atom. The fourth-order valence-corrected chi connectivity index (χ4v) is 1.78. The lowest BCUT2D eigenvalue weighted by Crippen LogP contribution is -2.28. The third-order valence-electron chi connectivity index (χ3n) is 2.90. The topological polar surface area (TPSA) is 87.0 Å². The zero-order valence-corrected chi connectivity index (χ0v) is 7.88. The van der Waals surface area contributed by atoms with Crippen molar-refractivity contribution in [2.24, 2.45) is 5.92 Å². The van der Waals surface area contributed by atoms with Crippen LogP contribution >= 0.6 is 0 Å². The molecule has 6 heteroatoms. The van der Waals surface area contributed by atoms with Gasteiger partial charge in [0.25, 0.3) is 0 Å². The third-order valence-corrected chi connectivity index (χ3v) is 2.90. The zero-order chi connectivity index (χ0) is 10.3. The van der Waals surface area contributed by atoms with Gasteiger partial charge in [-0.3, -0.25) is 10.1 Å². The molecule has 1 heterocycles. The maximum atomic E-state index is 10.5. The highest BCUT2D eigenvalue weighted by atomic mass is 16.6. The highest BCUT2D eigenvalue weighted by Crippen LogP contribution is 2.40. The molecule has 1 saturated carbocycles. The minimum absolute atomic E-state index is 0.0934. The highest BCUT2D eigenvalue weighted by Gasteiger charge is 2.32. The van der Waals surface area contributed by atoms with Crippen LogP contribution in [0.25, 0.3) is 0 Å². The van der Waals surface area contributed by atoms with Crippen LogP contribution in [0.1, 0.15) is 25.8 Å². The average molecular weight is 196 g/mol. The second-order valence-corrected chi connectivity index (χ2v) is 3.74. The van der Waals surface area contributed by atoms with Crippen molar-refractivity contribution in [3.05, 3.63) is 16.3 Å². The number of nitrogens with zero attached hydrogens (tertiary/aromatic N) is 3. The summed E-state index contributed by atoms with van der Waals surface area (Å²) in [7, 11) is 0. The Kier molecular flexibility index (Phi) is 1.90. The number of nitrogen functional groups attached to an aromatic ring is 1. The summed E-state index contributed by atoms with van der Waals surface area (Å²) in [6.07, 6.45) is 3.36. The minimum atomic E-state index is -0.498. The Morgan fingerprint density at radius 3 is 2.79 bits per heavy atom. The van der Waals surface area contributed by atoms with Gasteiger partial charge in [-0.2, -0.15) is 5.10 Å². The molecule has 1 aromatic heterocycles. The van der Waals surface area contributed by atoms with Crippen LogP contribution in [0.3, 0.4) is 0 Å². The van der Waals surface area contributed by atoms with Gasteiger partial charge in [-0.05, 0) is 18.8 Å². The quantitative estimate of drug-likeness (QED) is 0.571. The van der Waals surface area contributed by atoms with Crippen molar-refractivity contribution in [3.63, 3.8) is 0 Å². The molecule has 0 amide bonds. The maximum Gasteiger partial charge on any atom is 0.330 e. The standard InChI is InChI=1S/C8H12N4O2/c1-5-2-3-6(5)11-8(9)7(4-10-11)12(13)14/h4-6H,2-3,9H2,1H3. The van der Waals surface area contributed by atoms with E-state index in [1.54, 1.807) is 4.68 Å². The molecule has 14 heavy (non-hydrogen) atoms. The first kappa shape index (κ1) is 8.98. The molecule has 1 aliphatic rings. The SMILES string of the molecule is CC1CCC1n1ncc([N+](=O)[O-])c1N. The number of anilines is 1. The van der Waals surface area contributed by atoms with Gasteiger partial charge in [0.05, 0.1) is 11.0 Å². The van der Waals surface area contributed by atoms with Crippen molar-refractivity contribution in [2.75, 3.05) is 5.73 Å². The second-order valence-electron chi connectivity index (χ2n) is 3.74. The molecule has 2 N–H and O–H groups in total. The number of nitrogens with two attached hydrogens (primary N) is 1. The van der Waals surface area contributed by atoms with Gasteiger partial charge < -0.3 is 5.73 Å². The van der Waals surface area contributed by atoms with E-state index < -0.39 is 4.92 Å². The van der Waals surface area contributed by atoms with Crippen LogP contribution in [0.2, 0.25) is 0 Å². The van der Waals surface area contributed by atoms with Crippen LogP contribution in [0.15, 0.2) is 6.20 Å². The lowest BCUT2D eigenvalue weighted by atomic mass is 9.81. The van der Waals surface area contributed by atoms with E-state index in [1.165, 1.54) is 6.20 Å². The van der Waals surface area contributed by atoms with Crippen LogP contribution < -0.4 is 5.73 Å². The Bertz CT molecular complexity index is 373. The Balaban J connectivity index is 2.31. The summed E-state index contributed by atoms with van der Waals surface area (Å²) in [4.78, 5) is 10.0. The predicted octanol–water partition coefficient (Wildman–Crippen LogP) is 1.34. The number of aromatic nitrogens is 2. The van der Waals surface area contributed by atoms with Crippen molar-refractivity contribution in [1.82, 2.24) is 9.78 Å². The Labute approximate surface area is 80.9 Å². The molecule has 1 fully saturated rings. The molecule has 0 aliphatic heterocycles. The fourth-order valence-electron chi connectivity index (χ4n) is 1.78. The van der Waals surface area contributed by atoms with E-state index in [4.69, 9.17) is 5.73 Å². The van der Waals surface area contributed by atoms with E-state index in [0.717, 1.165) is 12.8 Å². The molecule has 2 atom stereocenters. The van der Waals surface area contributed by atoms with E-state index in [1.807, 2.05) is 0 Å². The maximum absolute atomic E-state index is 10.5. The molecule has 6 nitrogen and oxygen atoms in total. The monoisotopic (exact) mass is 196 g/mol. The van der Waals surface area contributed by atoms with Gasteiger partial charge in [-0.1, -0.05) is 6.92 Å². The molecule has 0 bridgehead atoms. The summed E-state index contributed by atoms with van der Waals surface area (Å²) in [6, 6.07) is 0.240. The van der Waals surface area contributed by atoms with Crippen LogP contribution in [0.4, 0.5) is 11.5 Å². The van der Waals surface area contributed by atoms with Crippen molar-refractivity contribution in [1.29, 1.82) is 0 Å². The molecule has 2 rings (SSSR count).